The number of aromatic nitrogens is 4. The second-order valence-electron chi connectivity index (χ2n) is 7.01. The number of benzene rings is 2. The van der Waals surface area contributed by atoms with Gasteiger partial charge in [-0.2, -0.15) is 4.68 Å². The van der Waals surface area contributed by atoms with Crippen molar-refractivity contribution < 1.29 is 9.53 Å². The van der Waals surface area contributed by atoms with E-state index in [0.717, 1.165) is 28.3 Å². The maximum absolute atomic E-state index is 12.9. The topological polar surface area (TPSA) is 81.9 Å². The van der Waals surface area contributed by atoms with Gasteiger partial charge in [0, 0.05) is 5.69 Å². The lowest BCUT2D eigenvalue weighted by Gasteiger charge is -2.18. The van der Waals surface area contributed by atoms with Gasteiger partial charge in [-0.05, 0) is 65.6 Å². The minimum Gasteiger partial charge on any atom is -0.497 e. The quantitative estimate of drug-likeness (QED) is 0.586. The Bertz CT molecular complexity index is 985. The highest BCUT2D eigenvalue weighted by molar-refractivity contribution is 8.00. The number of aryl methyl sites for hydroxylation is 1. The van der Waals surface area contributed by atoms with E-state index in [1.165, 1.54) is 11.8 Å². The van der Waals surface area contributed by atoms with E-state index in [4.69, 9.17) is 4.74 Å². The van der Waals surface area contributed by atoms with Crippen molar-refractivity contribution in [1.29, 1.82) is 0 Å². The Morgan fingerprint density at radius 2 is 1.86 bits per heavy atom. The van der Waals surface area contributed by atoms with Crippen LogP contribution in [0.15, 0.2) is 47.6 Å². The molecule has 0 spiro atoms. The third-order valence-electron chi connectivity index (χ3n) is 4.58. The summed E-state index contributed by atoms with van der Waals surface area (Å²) in [5.41, 5.74) is 3.85. The molecule has 0 aliphatic rings. The highest BCUT2D eigenvalue weighted by Crippen LogP contribution is 2.29. The molecule has 1 atom stereocenters. The number of methoxy groups -OCH3 is 1. The van der Waals surface area contributed by atoms with Gasteiger partial charge in [0.25, 0.3) is 0 Å². The molecule has 3 aromatic rings. The molecule has 1 amide bonds. The van der Waals surface area contributed by atoms with Crippen LogP contribution in [0, 0.1) is 6.92 Å². The van der Waals surface area contributed by atoms with Gasteiger partial charge in [0.05, 0.1) is 18.0 Å². The van der Waals surface area contributed by atoms with Crippen molar-refractivity contribution >= 4 is 23.4 Å². The number of ether oxygens (including phenoxy) is 1. The number of para-hydroxylation sites is 1. The van der Waals surface area contributed by atoms with Gasteiger partial charge in [-0.15, -0.1) is 5.10 Å². The predicted octanol–water partition coefficient (Wildman–Crippen LogP) is 4.22. The number of anilines is 1. The zero-order chi connectivity index (χ0) is 21.0. The first-order valence-electron chi connectivity index (χ1n) is 9.40. The van der Waals surface area contributed by atoms with Crippen LogP contribution in [0.1, 0.15) is 37.8 Å². The van der Waals surface area contributed by atoms with Crippen molar-refractivity contribution in [3.63, 3.8) is 0 Å². The summed E-state index contributed by atoms with van der Waals surface area (Å²) in [7, 11) is 1.62. The second-order valence-corrected chi connectivity index (χ2v) is 8.32. The number of thioether (sulfide) groups is 1. The van der Waals surface area contributed by atoms with Gasteiger partial charge >= 0.3 is 0 Å². The Morgan fingerprint density at radius 1 is 1.14 bits per heavy atom. The van der Waals surface area contributed by atoms with E-state index in [1.54, 1.807) is 11.8 Å². The highest BCUT2D eigenvalue weighted by Gasteiger charge is 2.21. The number of carbonyl (C=O) groups excluding carboxylic acids is 1. The average Bonchev–Trinajstić information content (AvgIpc) is 3.17. The van der Waals surface area contributed by atoms with Crippen molar-refractivity contribution in [1.82, 2.24) is 20.2 Å². The van der Waals surface area contributed by atoms with Crippen LogP contribution in [0.2, 0.25) is 0 Å². The van der Waals surface area contributed by atoms with Crippen molar-refractivity contribution in [3.8, 4) is 11.4 Å². The van der Waals surface area contributed by atoms with Gasteiger partial charge in [-0.25, -0.2) is 0 Å². The molecule has 3 rings (SSSR count). The molecular formula is C21H25N5O2S. The van der Waals surface area contributed by atoms with E-state index >= 15 is 0 Å². The average molecular weight is 412 g/mol. The van der Waals surface area contributed by atoms with E-state index in [1.807, 2.05) is 50.2 Å². The molecule has 1 aromatic heterocycles. The van der Waals surface area contributed by atoms with Crippen molar-refractivity contribution in [2.75, 3.05) is 12.4 Å². The monoisotopic (exact) mass is 411 g/mol. The molecule has 0 unspecified atom stereocenters. The fourth-order valence-corrected chi connectivity index (χ4v) is 3.72. The SMILES string of the molecule is COc1ccc(-n2nnnc2S[C@H](C)C(=O)Nc2c(C)cccc2C(C)C)cc1. The molecular weight excluding hydrogens is 386 g/mol. The summed E-state index contributed by atoms with van der Waals surface area (Å²) >= 11 is 1.31. The molecule has 0 fully saturated rings. The Hall–Kier alpha value is -2.87. The van der Waals surface area contributed by atoms with E-state index in [2.05, 4.69) is 40.8 Å². The first-order valence-corrected chi connectivity index (χ1v) is 10.3. The fourth-order valence-electron chi connectivity index (χ4n) is 2.92. The van der Waals surface area contributed by atoms with Gasteiger partial charge in [-0.3, -0.25) is 4.79 Å². The van der Waals surface area contributed by atoms with Crippen molar-refractivity contribution in [3.05, 3.63) is 53.6 Å². The van der Waals surface area contributed by atoms with Crippen LogP contribution in [0.3, 0.4) is 0 Å². The maximum Gasteiger partial charge on any atom is 0.237 e. The summed E-state index contributed by atoms with van der Waals surface area (Å²) < 4.78 is 6.80. The zero-order valence-electron chi connectivity index (χ0n) is 17.2. The summed E-state index contributed by atoms with van der Waals surface area (Å²) in [6, 6.07) is 13.5. The third-order valence-corrected chi connectivity index (χ3v) is 5.62. The standard InChI is InChI=1S/C21H25N5O2S/c1-13(2)18-8-6-7-14(3)19(18)22-20(27)15(4)29-21-23-24-25-26(21)16-9-11-17(28-5)12-10-16/h6-13,15H,1-5H3,(H,22,27)/t15-/m1/s1. The van der Waals surface area contributed by atoms with Gasteiger partial charge in [0.15, 0.2) is 0 Å². The molecule has 0 saturated carbocycles. The van der Waals surface area contributed by atoms with Crippen LogP contribution in [0.25, 0.3) is 5.69 Å². The summed E-state index contributed by atoms with van der Waals surface area (Å²) in [5.74, 6) is 0.981. The summed E-state index contributed by atoms with van der Waals surface area (Å²) in [4.78, 5) is 12.9. The second kappa shape index (κ2) is 9.09. The van der Waals surface area contributed by atoms with Gasteiger partial charge in [0.2, 0.25) is 11.1 Å². The number of rotatable bonds is 7. The minimum atomic E-state index is -0.377. The van der Waals surface area contributed by atoms with Crippen LogP contribution in [0.4, 0.5) is 5.69 Å². The number of tetrazole rings is 1. The van der Waals surface area contributed by atoms with E-state index < -0.39 is 0 Å². The number of hydrogen-bond donors (Lipinski definition) is 1. The van der Waals surface area contributed by atoms with E-state index in [9.17, 15) is 4.79 Å². The largest absolute Gasteiger partial charge is 0.497 e. The summed E-state index contributed by atoms with van der Waals surface area (Å²) in [6.07, 6.45) is 0. The Morgan fingerprint density at radius 3 is 2.52 bits per heavy atom. The molecule has 29 heavy (non-hydrogen) atoms. The third kappa shape index (κ3) is 4.76. The first-order chi connectivity index (χ1) is 13.9. The lowest BCUT2D eigenvalue weighted by atomic mass is 9.98. The number of nitrogens with one attached hydrogen (secondary N) is 1. The predicted molar refractivity (Wildman–Crippen MR) is 115 cm³/mol. The Balaban J connectivity index is 1.75. The van der Waals surface area contributed by atoms with E-state index in [0.29, 0.717) is 11.1 Å². The molecule has 1 N–H and O–H groups in total. The molecule has 0 aliphatic carbocycles. The Labute approximate surface area is 174 Å². The van der Waals surface area contributed by atoms with Gasteiger partial charge in [-0.1, -0.05) is 43.8 Å². The summed E-state index contributed by atoms with van der Waals surface area (Å²) in [6.45, 7) is 8.08. The molecule has 0 saturated heterocycles. The molecule has 0 bridgehead atoms. The molecule has 152 valence electrons. The van der Waals surface area contributed by atoms with E-state index in [-0.39, 0.29) is 11.2 Å². The fraction of sp³-hybridized carbons (Fsp3) is 0.333. The first kappa shape index (κ1) is 20.9. The molecule has 0 aliphatic heterocycles. The lowest BCUT2D eigenvalue weighted by Crippen LogP contribution is -2.24. The minimum absolute atomic E-state index is 0.0875. The van der Waals surface area contributed by atoms with Gasteiger partial charge < -0.3 is 10.1 Å². The smallest absolute Gasteiger partial charge is 0.237 e. The van der Waals surface area contributed by atoms with Crippen LogP contribution < -0.4 is 10.1 Å². The van der Waals surface area contributed by atoms with Crippen LogP contribution in [-0.2, 0) is 4.79 Å². The number of carbonyl (C=O) groups is 1. The maximum atomic E-state index is 12.9. The van der Waals surface area contributed by atoms with Crippen LogP contribution >= 0.6 is 11.8 Å². The number of amides is 1. The highest BCUT2D eigenvalue weighted by atomic mass is 32.2. The molecule has 1 heterocycles. The van der Waals surface area contributed by atoms with Crippen LogP contribution in [-0.4, -0.2) is 38.5 Å². The Kier molecular flexibility index (Phi) is 6.53. The van der Waals surface area contributed by atoms with Gasteiger partial charge in [0.1, 0.15) is 5.75 Å². The molecule has 7 nitrogen and oxygen atoms in total. The normalized spacial score (nSPS) is 12.1. The number of nitrogens with zero attached hydrogens (tertiary/aromatic N) is 4. The van der Waals surface area contributed by atoms with Crippen LogP contribution in [0.5, 0.6) is 5.75 Å². The van der Waals surface area contributed by atoms with Crippen molar-refractivity contribution in [2.45, 2.75) is 44.0 Å². The summed E-state index contributed by atoms with van der Waals surface area (Å²) in [5, 5.41) is 15.2. The molecule has 2 aromatic carbocycles. The zero-order valence-corrected chi connectivity index (χ0v) is 18.0. The lowest BCUT2D eigenvalue weighted by molar-refractivity contribution is -0.115. The molecule has 0 radical (unpaired) electrons. The molecule has 8 heteroatoms. The van der Waals surface area contributed by atoms with Crippen molar-refractivity contribution in [2.24, 2.45) is 0 Å². The number of hydrogen-bond acceptors (Lipinski definition) is 6.